The number of anilines is 1. The van der Waals surface area contributed by atoms with Crippen LogP contribution in [0, 0.1) is 5.82 Å². The van der Waals surface area contributed by atoms with Gasteiger partial charge in [0.15, 0.2) is 0 Å². The summed E-state index contributed by atoms with van der Waals surface area (Å²) >= 11 is 0. The third kappa shape index (κ3) is 6.58. The number of nitrogens with zero attached hydrogens (tertiary/aromatic N) is 1. The van der Waals surface area contributed by atoms with Crippen molar-refractivity contribution in [2.45, 2.75) is 39.2 Å². The van der Waals surface area contributed by atoms with E-state index in [1.165, 1.54) is 12.1 Å². The molecule has 0 aromatic heterocycles. The summed E-state index contributed by atoms with van der Waals surface area (Å²) in [5, 5.41) is 2.98. The molecule has 1 unspecified atom stereocenters. The molecule has 3 N–H and O–H groups in total. The summed E-state index contributed by atoms with van der Waals surface area (Å²) in [5.41, 5.74) is 6.38. The minimum absolute atomic E-state index is 0.0164. The number of rotatable bonds is 9. The predicted molar refractivity (Wildman–Crippen MR) is 84.8 cm³/mol. The average molecular weight is 295 g/mol. The molecule has 4 nitrogen and oxygen atoms in total. The number of carbonyl (C=O) groups excluding carboxylic acids is 1. The first kappa shape index (κ1) is 17.4. The zero-order chi connectivity index (χ0) is 15.7. The summed E-state index contributed by atoms with van der Waals surface area (Å²) in [4.78, 5) is 14.0. The molecule has 0 bridgehead atoms. The SMILES string of the molecule is CCCC(C)NC(=O)CN(CCCN)c1ccc(F)cc1. The normalized spacial score (nSPS) is 12.0. The lowest BCUT2D eigenvalue weighted by Crippen LogP contribution is -2.41. The second-order valence-corrected chi connectivity index (χ2v) is 5.30. The minimum atomic E-state index is -0.279. The van der Waals surface area contributed by atoms with Gasteiger partial charge in [0.1, 0.15) is 5.82 Å². The van der Waals surface area contributed by atoms with Gasteiger partial charge in [0.05, 0.1) is 6.54 Å². The molecule has 0 radical (unpaired) electrons. The molecule has 0 saturated carbocycles. The molecular formula is C16H26FN3O. The molecule has 0 fully saturated rings. The molecule has 0 aliphatic heterocycles. The second kappa shape index (κ2) is 9.34. The number of halogens is 1. The van der Waals surface area contributed by atoms with Gasteiger partial charge in [-0.1, -0.05) is 13.3 Å². The standard InChI is InChI=1S/C16H26FN3O/c1-3-5-13(2)19-16(21)12-20(11-4-10-18)15-8-6-14(17)7-9-15/h6-9,13H,3-5,10-12,18H2,1-2H3,(H,19,21). The molecule has 1 atom stereocenters. The van der Waals surface area contributed by atoms with Crippen LogP contribution in [0.25, 0.3) is 0 Å². The summed E-state index contributed by atoms with van der Waals surface area (Å²) in [6.45, 7) is 5.60. The number of carbonyl (C=O) groups is 1. The fourth-order valence-electron chi connectivity index (χ4n) is 2.23. The molecule has 118 valence electrons. The molecule has 1 amide bonds. The lowest BCUT2D eigenvalue weighted by atomic mass is 10.2. The highest BCUT2D eigenvalue weighted by Crippen LogP contribution is 2.15. The van der Waals surface area contributed by atoms with Gasteiger partial charge in [-0.2, -0.15) is 0 Å². The van der Waals surface area contributed by atoms with Crippen molar-refractivity contribution in [3.8, 4) is 0 Å². The monoisotopic (exact) mass is 295 g/mol. The van der Waals surface area contributed by atoms with E-state index in [4.69, 9.17) is 5.73 Å². The van der Waals surface area contributed by atoms with Gasteiger partial charge < -0.3 is 16.0 Å². The van der Waals surface area contributed by atoms with E-state index in [0.29, 0.717) is 13.1 Å². The zero-order valence-corrected chi connectivity index (χ0v) is 12.9. The van der Waals surface area contributed by atoms with Gasteiger partial charge in [0, 0.05) is 18.3 Å². The van der Waals surface area contributed by atoms with E-state index in [1.54, 1.807) is 12.1 Å². The zero-order valence-electron chi connectivity index (χ0n) is 12.9. The molecule has 0 aliphatic rings. The Hall–Kier alpha value is -1.62. The van der Waals surface area contributed by atoms with Crippen LogP contribution in [0.15, 0.2) is 24.3 Å². The summed E-state index contributed by atoms with van der Waals surface area (Å²) < 4.78 is 13.0. The average Bonchev–Trinajstić information content (AvgIpc) is 2.44. The molecule has 0 spiro atoms. The van der Waals surface area contributed by atoms with Crippen molar-refractivity contribution in [2.75, 3.05) is 24.5 Å². The maximum atomic E-state index is 13.0. The Morgan fingerprint density at radius 2 is 2.05 bits per heavy atom. The molecule has 1 aromatic carbocycles. The van der Waals surface area contributed by atoms with Crippen LogP contribution in [0.2, 0.25) is 0 Å². The fourth-order valence-corrected chi connectivity index (χ4v) is 2.23. The van der Waals surface area contributed by atoms with E-state index >= 15 is 0 Å². The Morgan fingerprint density at radius 1 is 1.38 bits per heavy atom. The quantitative estimate of drug-likeness (QED) is 0.735. The van der Waals surface area contributed by atoms with E-state index in [9.17, 15) is 9.18 Å². The highest BCUT2D eigenvalue weighted by atomic mass is 19.1. The van der Waals surface area contributed by atoms with Crippen LogP contribution < -0.4 is 16.0 Å². The topological polar surface area (TPSA) is 58.4 Å². The van der Waals surface area contributed by atoms with Crippen LogP contribution in [0.1, 0.15) is 33.1 Å². The molecule has 0 aliphatic carbocycles. The number of amides is 1. The van der Waals surface area contributed by atoms with Crippen LogP contribution in [0.3, 0.4) is 0 Å². The Labute approximate surface area is 126 Å². The van der Waals surface area contributed by atoms with Crippen molar-refractivity contribution < 1.29 is 9.18 Å². The molecular weight excluding hydrogens is 269 g/mol. The largest absolute Gasteiger partial charge is 0.362 e. The maximum absolute atomic E-state index is 13.0. The Kier molecular flexibility index (Phi) is 7.75. The molecule has 5 heteroatoms. The van der Waals surface area contributed by atoms with Crippen molar-refractivity contribution in [1.29, 1.82) is 0 Å². The number of nitrogens with two attached hydrogens (primary N) is 1. The molecule has 21 heavy (non-hydrogen) atoms. The fraction of sp³-hybridized carbons (Fsp3) is 0.562. The van der Waals surface area contributed by atoms with Gasteiger partial charge in [-0.15, -0.1) is 0 Å². The van der Waals surface area contributed by atoms with Crippen LogP contribution in [0.5, 0.6) is 0 Å². The molecule has 1 rings (SSSR count). The molecule has 0 heterocycles. The highest BCUT2D eigenvalue weighted by Gasteiger charge is 2.13. The lowest BCUT2D eigenvalue weighted by Gasteiger charge is -2.25. The van der Waals surface area contributed by atoms with Crippen LogP contribution >= 0.6 is 0 Å². The van der Waals surface area contributed by atoms with Gasteiger partial charge in [0.25, 0.3) is 0 Å². The third-order valence-corrected chi connectivity index (χ3v) is 3.29. The van der Waals surface area contributed by atoms with E-state index in [1.807, 2.05) is 11.8 Å². The van der Waals surface area contributed by atoms with Crippen LogP contribution in [-0.2, 0) is 4.79 Å². The summed E-state index contributed by atoms with van der Waals surface area (Å²) in [5.74, 6) is -0.296. The Balaban J connectivity index is 2.65. The van der Waals surface area contributed by atoms with Crippen molar-refractivity contribution in [3.05, 3.63) is 30.1 Å². The Bertz CT molecular complexity index is 422. The van der Waals surface area contributed by atoms with Gasteiger partial charge in [-0.3, -0.25) is 4.79 Å². The highest BCUT2D eigenvalue weighted by molar-refractivity contribution is 5.81. The van der Waals surface area contributed by atoms with E-state index in [0.717, 1.165) is 24.9 Å². The summed E-state index contributed by atoms with van der Waals surface area (Å²) in [6, 6.07) is 6.36. The number of hydrogen-bond acceptors (Lipinski definition) is 3. The first-order valence-corrected chi connectivity index (χ1v) is 7.56. The minimum Gasteiger partial charge on any atom is -0.362 e. The summed E-state index contributed by atoms with van der Waals surface area (Å²) in [7, 11) is 0. The van der Waals surface area contributed by atoms with Gasteiger partial charge in [0.2, 0.25) is 5.91 Å². The number of hydrogen-bond donors (Lipinski definition) is 2. The van der Waals surface area contributed by atoms with Crippen molar-refractivity contribution in [1.82, 2.24) is 5.32 Å². The molecule has 0 saturated heterocycles. The second-order valence-electron chi connectivity index (χ2n) is 5.30. The van der Waals surface area contributed by atoms with Crippen molar-refractivity contribution in [3.63, 3.8) is 0 Å². The van der Waals surface area contributed by atoms with Gasteiger partial charge >= 0.3 is 0 Å². The lowest BCUT2D eigenvalue weighted by molar-refractivity contribution is -0.120. The third-order valence-electron chi connectivity index (χ3n) is 3.29. The number of nitrogens with one attached hydrogen (secondary N) is 1. The van der Waals surface area contributed by atoms with E-state index in [2.05, 4.69) is 12.2 Å². The predicted octanol–water partition coefficient (Wildman–Crippen LogP) is 2.29. The maximum Gasteiger partial charge on any atom is 0.239 e. The van der Waals surface area contributed by atoms with E-state index < -0.39 is 0 Å². The smallest absolute Gasteiger partial charge is 0.239 e. The van der Waals surface area contributed by atoms with Gasteiger partial charge in [-0.05, 0) is 50.6 Å². The molecule has 1 aromatic rings. The van der Waals surface area contributed by atoms with Crippen LogP contribution in [0.4, 0.5) is 10.1 Å². The summed E-state index contributed by atoms with van der Waals surface area (Å²) in [6.07, 6.45) is 2.79. The number of benzene rings is 1. The van der Waals surface area contributed by atoms with Gasteiger partial charge in [-0.25, -0.2) is 4.39 Å². The van der Waals surface area contributed by atoms with Crippen LogP contribution in [-0.4, -0.2) is 31.6 Å². The van der Waals surface area contributed by atoms with Crippen molar-refractivity contribution >= 4 is 11.6 Å². The first-order chi connectivity index (χ1) is 10.1. The first-order valence-electron chi connectivity index (χ1n) is 7.56. The Morgan fingerprint density at radius 3 is 2.62 bits per heavy atom. The van der Waals surface area contributed by atoms with Crippen molar-refractivity contribution in [2.24, 2.45) is 5.73 Å². The van der Waals surface area contributed by atoms with E-state index in [-0.39, 0.29) is 24.3 Å².